The molecule has 1 aromatic rings. The molecule has 2 nitrogen and oxygen atoms in total. The van der Waals surface area contributed by atoms with Crippen LogP contribution in [0.4, 0.5) is 0 Å². The molecule has 1 unspecified atom stereocenters. The molecule has 0 bridgehead atoms. The van der Waals surface area contributed by atoms with Crippen LogP contribution in [0.1, 0.15) is 39.7 Å². The van der Waals surface area contributed by atoms with Gasteiger partial charge < -0.3 is 10.1 Å². The van der Waals surface area contributed by atoms with Crippen LogP contribution in [0, 0.1) is 0 Å². The summed E-state index contributed by atoms with van der Waals surface area (Å²) in [6.07, 6.45) is 2.32. The number of rotatable bonds is 7. The van der Waals surface area contributed by atoms with Crippen LogP contribution in [0.15, 0.2) is 24.3 Å². The smallest absolute Gasteiger partial charge is 0.122 e. The van der Waals surface area contributed by atoms with Crippen molar-refractivity contribution >= 4 is 0 Å². The van der Waals surface area contributed by atoms with Crippen molar-refractivity contribution in [2.24, 2.45) is 0 Å². The highest BCUT2D eigenvalue weighted by molar-refractivity contribution is 5.33. The van der Waals surface area contributed by atoms with E-state index in [4.69, 9.17) is 4.74 Å². The number of hydrogen-bond acceptors (Lipinski definition) is 2. The molecule has 0 aromatic heterocycles. The number of benzene rings is 1. The third-order valence-electron chi connectivity index (χ3n) is 2.79. The Labute approximate surface area is 105 Å². The zero-order chi connectivity index (χ0) is 12.7. The van der Waals surface area contributed by atoms with Crippen LogP contribution in [-0.4, -0.2) is 18.7 Å². The first-order chi connectivity index (χ1) is 8.13. The summed E-state index contributed by atoms with van der Waals surface area (Å²) in [5.41, 5.74) is 1.29. The van der Waals surface area contributed by atoms with Gasteiger partial charge in [0.1, 0.15) is 5.75 Å². The molecule has 0 spiro atoms. The lowest BCUT2D eigenvalue weighted by Gasteiger charge is -2.18. The molecule has 0 saturated heterocycles. The fraction of sp³-hybridized carbons (Fsp3) is 0.600. The number of hydrogen-bond donors (Lipinski definition) is 1. The molecule has 17 heavy (non-hydrogen) atoms. The van der Waals surface area contributed by atoms with Crippen LogP contribution in [-0.2, 0) is 6.42 Å². The quantitative estimate of drug-likeness (QED) is 0.782. The molecule has 1 atom stereocenters. The van der Waals surface area contributed by atoms with Gasteiger partial charge in [-0.15, -0.1) is 0 Å². The van der Waals surface area contributed by atoms with Gasteiger partial charge in [0.2, 0.25) is 0 Å². The molecule has 2 heteroatoms. The summed E-state index contributed by atoms with van der Waals surface area (Å²) < 4.78 is 5.98. The highest BCUT2D eigenvalue weighted by Gasteiger charge is 2.07. The Morgan fingerprint density at radius 1 is 1.18 bits per heavy atom. The van der Waals surface area contributed by atoms with E-state index < -0.39 is 0 Å². The van der Waals surface area contributed by atoms with Gasteiger partial charge in [-0.3, -0.25) is 0 Å². The highest BCUT2D eigenvalue weighted by atomic mass is 16.5. The van der Waals surface area contributed by atoms with Crippen molar-refractivity contribution in [3.63, 3.8) is 0 Å². The zero-order valence-corrected chi connectivity index (χ0v) is 11.5. The predicted molar refractivity (Wildman–Crippen MR) is 73.7 cm³/mol. The lowest BCUT2D eigenvalue weighted by atomic mass is 10.1. The van der Waals surface area contributed by atoms with Crippen LogP contribution >= 0.6 is 0 Å². The topological polar surface area (TPSA) is 21.3 Å². The Hall–Kier alpha value is -1.02. The van der Waals surface area contributed by atoms with Crippen molar-refractivity contribution in [1.82, 2.24) is 5.32 Å². The Bertz CT molecular complexity index is 322. The summed E-state index contributed by atoms with van der Waals surface area (Å²) in [6, 6.07) is 8.84. The van der Waals surface area contributed by atoms with E-state index in [2.05, 4.69) is 51.2 Å². The Kier molecular flexibility index (Phi) is 6.06. The molecule has 96 valence electrons. The van der Waals surface area contributed by atoms with Crippen molar-refractivity contribution in [3.8, 4) is 5.75 Å². The largest absolute Gasteiger partial charge is 0.490 e. The third kappa shape index (κ3) is 5.22. The minimum atomic E-state index is 0.258. The van der Waals surface area contributed by atoms with Gasteiger partial charge in [0.05, 0.1) is 6.10 Å². The number of nitrogens with one attached hydrogen (secondary N) is 1. The number of para-hydroxylation sites is 1. The second kappa shape index (κ2) is 7.33. The molecular weight excluding hydrogens is 210 g/mol. The van der Waals surface area contributed by atoms with Gasteiger partial charge in [0.25, 0.3) is 0 Å². The fourth-order valence-corrected chi connectivity index (χ4v) is 1.76. The summed E-state index contributed by atoms with van der Waals surface area (Å²) in [4.78, 5) is 0. The second-order valence-electron chi connectivity index (χ2n) is 4.79. The van der Waals surface area contributed by atoms with Gasteiger partial charge in [0, 0.05) is 6.04 Å². The van der Waals surface area contributed by atoms with Crippen LogP contribution in [0.25, 0.3) is 0 Å². The van der Waals surface area contributed by atoms with Gasteiger partial charge in [-0.1, -0.05) is 39.0 Å². The first-order valence-electron chi connectivity index (χ1n) is 6.61. The van der Waals surface area contributed by atoms with Crippen LogP contribution < -0.4 is 10.1 Å². The first kappa shape index (κ1) is 14.0. The number of ether oxygens (including phenoxy) is 1. The summed E-state index contributed by atoms with van der Waals surface area (Å²) in [5, 5.41) is 3.41. The lowest BCUT2D eigenvalue weighted by molar-refractivity contribution is 0.207. The number of aryl methyl sites for hydroxylation is 1. The third-order valence-corrected chi connectivity index (χ3v) is 2.79. The van der Waals surface area contributed by atoms with Crippen LogP contribution in [0.3, 0.4) is 0 Å². The maximum atomic E-state index is 5.98. The predicted octanol–water partition coefficient (Wildman–Crippen LogP) is 3.40. The highest BCUT2D eigenvalue weighted by Crippen LogP contribution is 2.20. The Morgan fingerprint density at radius 3 is 2.53 bits per heavy atom. The average Bonchev–Trinajstić information content (AvgIpc) is 2.29. The van der Waals surface area contributed by atoms with Crippen molar-refractivity contribution in [2.45, 2.75) is 52.7 Å². The molecule has 1 rings (SSSR count). The maximum absolute atomic E-state index is 5.98. The fourth-order valence-electron chi connectivity index (χ4n) is 1.76. The molecule has 1 N–H and O–H groups in total. The van der Waals surface area contributed by atoms with Crippen molar-refractivity contribution in [3.05, 3.63) is 29.8 Å². The van der Waals surface area contributed by atoms with Gasteiger partial charge in [-0.05, 0) is 37.9 Å². The van der Waals surface area contributed by atoms with Gasteiger partial charge in [0.15, 0.2) is 0 Å². The molecular formula is C15H25NO. The maximum Gasteiger partial charge on any atom is 0.122 e. The SMILES string of the molecule is CCc1ccccc1OC(C)CCNC(C)C. The van der Waals surface area contributed by atoms with E-state index >= 15 is 0 Å². The molecule has 0 fully saturated rings. The normalized spacial score (nSPS) is 12.8. The van der Waals surface area contributed by atoms with E-state index in [1.54, 1.807) is 0 Å². The summed E-state index contributed by atoms with van der Waals surface area (Å²) in [5.74, 6) is 1.03. The standard InChI is InChI=1S/C15H25NO/c1-5-14-8-6-7-9-15(14)17-13(4)10-11-16-12(2)3/h6-9,12-13,16H,5,10-11H2,1-4H3. The van der Waals surface area contributed by atoms with Gasteiger partial charge >= 0.3 is 0 Å². The molecule has 0 aliphatic carbocycles. The summed E-state index contributed by atoms with van der Waals surface area (Å²) >= 11 is 0. The monoisotopic (exact) mass is 235 g/mol. The molecule has 0 saturated carbocycles. The minimum Gasteiger partial charge on any atom is -0.490 e. The summed E-state index contributed by atoms with van der Waals surface area (Å²) in [7, 11) is 0. The average molecular weight is 235 g/mol. The zero-order valence-electron chi connectivity index (χ0n) is 11.5. The molecule has 0 aliphatic rings. The van der Waals surface area contributed by atoms with Crippen molar-refractivity contribution < 1.29 is 4.74 Å². The second-order valence-corrected chi connectivity index (χ2v) is 4.79. The van der Waals surface area contributed by atoms with E-state index in [-0.39, 0.29) is 6.10 Å². The molecule has 0 heterocycles. The van der Waals surface area contributed by atoms with Crippen molar-refractivity contribution in [1.29, 1.82) is 0 Å². The Balaban J connectivity index is 2.41. The van der Waals surface area contributed by atoms with E-state index in [0.717, 1.165) is 25.1 Å². The van der Waals surface area contributed by atoms with Gasteiger partial charge in [-0.2, -0.15) is 0 Å². The van der Waals surface area contributed by atoms with Crippen LogP contribution in [0.2, 0.25) is 0 Å². The molecule has 0 aliphatic heterocycles. The molecule has 0 amide bonds. The minimum absolute atomic E-state index is 0.258. The Morgan fingerprint density at radius 2 is 1.88 bits per heavy atom. The first-order valence-corrected chi connectivity index (χ1v) is 6.61. The van der Waals surface area contributed by atoms with E-state index in [9.17, 15) is 0 Å². The van der Waals surface area contributed by atoms with E-state index in [1.165, 1.54) is 5.56 Å². The van der Waals surface area contributed by atoms with E-state index in [0.29, 0.717) is 6.04 Å². The molecule has 1 aromatic carbocycles. The van der Waals surface area contributed by atoms with Crippen molar-refractivity contribution in [2.75, 3.05) is 6.54 Å². The van der Waals surface area contributed by atoms with Gasteiger partial charge in [-0.25, -0.2) is 0 Å². The molecule has 0 radical (unpaired) electrons. The van der Waals surface area contributed by atoms with E-state index in [1.807, 2.05) is 6.07 Å². The summed E-state index contributed by atoms with van der Waals surface area (Å²) in [6.45, 7) is 9.63. The lowest BCUT2D eigenvalue weighted by Crippen LogP contribution is -2.27. The van der Waals surface area contributed by atoms with Crippen LogP contribution in [0.5, 0.6) is 5.75 Å².